The van der Waals surface area contributed by atoms with Gasteiger partial charge in [-0.05, 0) is 65.0 Å². The average Bonchev–Trinajstić information content (AvgIpc) is 2.37. The van der Waals surface area contributed by atoms with Crippen LogP contribution >= 0.6 is 0 Å². The molecule has 2 N–H and O–H groups in total. The zero-order chi connectivity index (χ0) is 14.1. The fourth-order valence-electron chi connectivity index (χ4n) is 4.12. The predicted molar refractivity (Wildman–Crippen MR) is 80.2 cm³/mol. The van der Waals surface area contributed by atoms with Crippen LogP contribution in [0.3, 0.4) is 0 Å². The highest BCUT2D eigenvalue weighted by molar-refractivity contribution is 5.01. The molecule has 112 valence electrons. The molecule has 2 fully saturated rings. The van der Waals surface area contributed by atoms with Crippen molar-refractivity contribution >= 4 is 0 Å². The Morgan fingerprint density at radius 1 is 1.32 bits per heavy atom. The quantitative estimate of drug-likeness (QED) is 0.833. The maximum Gasteiger partial charge on any atom is 0.0685 e. The van der Waals surface area contributed by atoms with E-state index in [0.717, 1.165) is 26.1 Å². The molecule has 1 heterocycles. The van der Waals surface area contributed by atoms with Crippen LogP contribution in [0.1, 0.15) is 59.8 Å². The third-order valence-corrected chi connectivity index (χ3v) is 5.70. The Hall–Kier alpha value is -0.120. The van der Waals surface area contributed by atoms with Crippen molar-refractivity contribution in [3.63, 3.8) is 0 Å². The van der Waals surface area contributed by atoms with E-state index in [9.17, 15) is 0 Å². The molecule has 1 saturated carbocycles. The molecule has 1 saturated heterocycles. The summed E-state index contributed by atoms with van der Waals surface area (Å²) in [6, 6.07) is 0.244. The smallest absolute Gasteiger partial charge is 0.0685 e. The molecular formula is C16H32N2O. The van der Waals surface area contributed by atoms with Crippen molar-refractivity contribution in [1.29, 1.82) is 0 Å². The Kier molecular flexibility index (Phi) is 4.59. The number of ether oxygens (including phenoxy) is 1. The van der Waals surface area contributed by atoms with Crippen molar-refractivity contribution in [2.75, 3.05) is 19.7 Å². The lowest BCUT2D eigenvalue weighted by atomic mass is 9.68. The molecule has 2 atom stereocenters. The summed E-state index contributed by atoms with van der Waals surface area (Å²) in [6.07, 6.45) is 6.15. The van der Waals surface area contributed by atoms with Crippen molar-refractivity contribution in [3.05, 3.63) is 0 Å². The van der Waals surface area contributed by atoms with Gasteiger partial charge in [0.15, 0.2) is 0 Å². The molecule has 1 spiro atoms. The lowest BCUT2D eigenvalue weighted by Crippen LogP contribution is -2.61. The van der Waals surface area contributed by atoms with Crippen LogP contribution in [0, 0.1) is 5.92 Å². The molecule has 2 unspecified atom stereocenters. The predicted octanol–water partition coefficient (Wildman–Crippen LogP) is 2.78. The summed E-state index contributed by atoms with van der Waals surface area (Å²) in [4.78, 5) is 2.50. The van der Waals surface area contributed by atoms with Crippen LogP contribution in [0.15, 0.2) is 0 Å². The van der Waals surface area contributed by atoms with E-state index in [1.165, 1.54) is 25.7 Å². The highest BCUT2D eigenvalue weighted by Crippen LogP contribution is 2.46. The minimum Gasteiger partial charge on any atom is -0.375 e. The molecule has 0 bridgehead atoms. The zero-order valence-corrected chi connectivity index (χ0v) is 13.2. The summed E-state index contributed by atoms with van der Waals surface area (Å²) in [5.41, 5.74) is 6.97. The van der Waals surface area contributed by atoms with E-state index in [4.69, 9.17) is 10.5 Å². The van der Waals surface area contributed by atoms with Gasteiger partial charge in [0.2, 0.25) is 0 Å². The largest absolute Gasteiger partial charge is 0.375 e. The summed E-state index contributed by atoms with van der Waals surface area (Å²) >= 11 is 0. The van der Waals surface area contributed by atoms with E-state index in [1.807, 2.05) is 0 Å². The second-order valence-corrected chi connectivity index (χ2v) is 6.99. The van der Waals surface area contributed by atoms with Crippen LogP contribution < -0.4 is 5.73 Å². The third-order valence-electron chi connectivity index (χ3n) is 5.70. The van der Waals surface area contributed by atoms with Gasteiger partial charge in [-0.3, -0.25) is 4.90 Å². The van der Waals surface area contributed by atoms with Crippen molar-refractivity contribution in [2.24, 2.45) is 11.7 Å². The van der Waals surface area contributed by atoms with E-state index in [-0.39, 0.29) is 17.2 Å². The highest BCUT2D eigenvalue weighted by atomic mass is 16.5. The third kappa shape index (κ3) is 2.84. The molecular weight excluding hydrogens is 236 g/mol. The molecule has 3 nitrogen and oxygen atoms in total. The maximum atomic E-state index is 6.68. The van der Waals surface area contributed by atoms with Crippen molar-refractivity contribution < 1.29 is 4.74 Å². The molecule has 0 radical (unpaired) electrons. The van der Waals surface area contributed by atoms with Crippen LogP contribution in [-0.4, -0.2) is 41.8 Å². The summed E-state index contributed by atoms with van der Waals surface area (Å²) in [7, 11) is 0. The Bertz CT molecular complexity index is 295. The Balaban J connectivity index is 2.03. The topological polar surface area (TPSA) is 38.5 Å². The first-order valence-corrected chi connectivity index (χ1v) is 8.10. The Morgan fingerprint density at radius 3 is 2.42 bits per heavy atom. The summed E-state index contributed by atoms with van der Waals surface area (Å²) in [6.45, 7) is 12.1. The number of rotatable bonds is 5. The van der Waals surface area contributed by atoms with Gasteiger partial charge in [-0.1, -0.05) is 13.8 Å². The van der Waals surface area contributed by atoms with Crippen LogP contribution in [-0.2, 0) is 4.74 Å². The highest BCUT2D eigenvalue weighted by Gasteiger charge is 2.46. The van der Waals surface area contributed by atoms with Crippen molar-refractivity contribution in [3.8, 4) is 0 Å². The van der Waals surface area contributed by atoms with Gasteiger partial charge in [0.1, 0.15) is 0 Å². The number of nitrogens with zero attached hydrogens (tertiary/aromatic N) is 1. The first kappa shape index (κ1) is 15.3. The molecule has 0 aromatic heterocycles. The maximum absolute atomic E-state index is 6.68. The van der Waals surface area contributed by atoms with Crippen LogP contribution in [0.2, 0.25) is 0 Å². The van der Waals surface area contributed by atoms with Crippen molar-refractivity contribution in [2.45, 2.75) is 77.0 Å². The minimum atomic E-state index is 0.0798. The number of likely N-dealkylation sites (N-methyl/N-ethyl adjacent to an activating group) is 1. The van der Waals surface area contributed by atoms with E-state index in [1.54, 1.807) is 0 Å². The average molecular weight is 268 g/mol. The monoisotopic (exact) mass is 268 g/mol. The van der Waals surface area contributed by atoms with E-state index >= 15 is 0 Å². The van der Waals surface area contributed by atoms with Crippen LogP contribution in [0.4, 0.5) is 0 Å². The molecule has 2 rings (SSSR count). The van der Waals surface area contributed by atoms with Gasteiger partial charge in [-0.2, -0.15) is 0 Å². The Morgan fingerprint density at radius 2 is 1.95 bits per heavy atom. The van der Waals surface area contributed by atoms with Crippen LogP contribution in [0.25, 0.3) is 0 Å². The first-order valence-electron chi connectivity index (χ1n) is 8.10. The normalized spacial score (nSPS) is 28.4. The van der Waals surface area contributed by atoms with E-state index < -0.39 is 0 Å². The lowest BCUT2D eigenvalue weighted by molar-refractivity contribution is -0.150. The van der Waals surface area contributed by atoms with Gasteiger partial charge in [0.25, 0.3) is 0 Å². The molecule has 0 amide bonds. The number of hydrogen-bond donors (Lipinski definition) is 1. The molecule has 1 aliphatic heterocycles. The molecule has 19 heavy (non-hydrogen) atoms. The fourth-order valence-corrected chi connectivity index (χ4v) is 4.12. The minimum absolute atomic E-state index is 0.0798. The second-order valence-electron chi connectivity index (χ2n) is 6.99. The van der Waals surface area contributed by atoms with Gasteiger partial charge in [-0.15, -0.1) is 0 Å². The van der Waals surface area contributed by atoms with Crippen LogP contribution in [0.5, 0.6) is 0 Å². The zero-order valence-electron chi connectivity index (χ0n) is 13.2. The summed E-state index contributed by atoms with van der Waals surface area (Å²) in [5.74, 6) is 0.615. The van der Waals surface area contributed by atoms with E-state index in [2.05, 4.69) is 32.6 Å². The number of hydrogen-bond acceptors (Lipinski definition) is 3. The summed E-state index contributed by atoms with van der Waals surface area (Å²) < 4.78 is 6.04. The first-order chi connectivity index (χ1) is 8.95. The van der Waals surface area contributed by atoms with Crippen molar-refractivity contribution in [1.82, 2.24) is 4.90 Å². The van der Waals surface area contributed by atoms with Gasteiger partial charge in [-0.25, -0.2) is 0 Å². The SMILES string of the molecule is CCN(CC)C(C)(C)C(N)C1CCOC2(CCC2)C1. The molecule has 1 aliphatic carbocycles. The van der Waals surface area contributed by atoms with E-state index in [0.29, 0.717) is 5.92 Å². The standard InChI is InChI=1S/C16H32N2O/c1-5-18(6-2)15(3,4)14(17)13-8-11-19-16(12-13)9-7-10-16/h13-14H,5-12,17H2,1-4H3. The van der Waals surface area contributed by atoms with Gasteiger partial charge >= 0.3 is 0 Å². The Labute approximate surface area is 118 Å². The van der Waals surface area contributed by atoms with Gasteiger partial charge in [0, 0.05) is 18.2 Å². The molecule has 2 aliphatic rings. The molecule has 0 aromatic carbocycles. The number of nitrogens with two attached hydrogens (primary N) is 1. The fraction of sp³-hybridized carbons (Fsp3) is 1.00. The second kappa shape index (κ2) is 5.71. The molecule has 3 heteroatoms. The van der Waals surface area contributed by atoms with Gasteiger partial charge < -0.3 is 10.5 Å². The summed E-state index contributed by atoms with van der Waals surface area (Å²) in [5, 5.41) is 0. The van der Waals surface area contributed by atoms with Gasteiger partial charge in [0.05, 0.1) is 5.60 Å². The lowest BCUT2D eigenvalue weighted by Gasteiger charge is -2.52. The molecule has 0 aromatic rings.